The molecule has 0 aromatic carbocycles. The molecule has 0 saturated heterocycles. The van der Waals surface area contributed by atoms with E-state index in [1.807, 2.05) is 5.10 Å². The molecule has 7 heteroatoms. The summed E-state index contributed by atoms with van der Waals surface area (Å²) in [7, 11) is 0. The Morgan fingerprint density at radius 3 is 2.31 bits per heavy atom. The van der Waals surface area contributed by atoms with Crippen molar-refractivity contribution in [1.29, 1.82) is 0 Å². The molecule has 3 nitrogen and oxygen atoms in total. The van der Waals surface area contributed by atoms with Crippen LogP contribution in [0.5, 0.6) is 0 Å². The van der Waals surface area contributed by atoms with Crippen LogP contribution in [0, 0.1) is 0 Å². The molecule has 0 amide bonds. The average molecular weight is 215 g/mol. The second kappa shape index (κ2) is 3.10. The molecule has 74 valence electrons. The molecular formula is C6H6ClF3N2O. The lowest BCUT2D eigenvalue weighted by molar-refractivity contribution is -0.141. The zero-order valence-electron chi connectivity index (χ0n) is 6.57. The van der Waals surface area contributed by atoms with Gasteiger partial charge in [0, 0.05) is 6.54 Å². The first-order valence-corrected chi connectivity index (χ1v) is 3.81. The second-order valence-electron chi connectivity index (χ2n) is 2.35. The molecule has 0 atom stereocenters. The lowest BCUT2D eigenvalue weighted by Crippen LogP contribution is -2.14. The van der Waals surface area contributed by atoms with E-state index in [4.69, 9.17) is 11.6 Å². The maximum Gasteiger partial charge on any atom is 0.434 e. The van der Waals surface area contributed by atoms with Crippen molar-refractivity contribution in [2.75, 3.05) is 0 Å². The van der Waals surface area contributed by atoms with Crippen LogP contribution in [0.1, 0.15) is 12.6 Å². The highest BCUT2D eigenvalue weighted by atomic mass is 35.5. The Morgan fingerprint density at radius 2 is 2.08 bits per heavy atom. The van der Waals surface area contributed by atoms with E-state index in [1.165, 1.54) is 6.92 Å². The number of rotatable bonds is 1. The highest BCUT2D eigenvalue weighted by Gasteiger charge is 2.37. The van der Waals surface area contributed by atoms with Crippen LogP contribution in [0.25, 0.3) is 0 Å². The monoisotopic (exact) mass is 214 g/mol. The first-order valence-electron chi connectivity index (χ1n) is 3.43. The first-order chi connectivity index (χ1) is 5.88. The zero-order chi connectivity index (χ0) is 10.2. The number of hydrogen-bond donors (Lipinski definition) is 1. The van der Waals surface area contributed by atoms with Gasteiger partial charge in [0.25, 0.3) is 5.56 Å². The van der Waals surface area contributed by atoms with Gasteiger partial charge < -0.3 is 0 Å². The number of alkyl halides is 3. The topological polar surface area (TPSA) is 37.8 Å². The molecule has 1 rings (SSSR count). The molecule has 1 aromatic heterocycles. The SMILES string of the molecule is CCn1[nH]c(C(F)(F)F)c(Cl)c1=O. The summed E-state index contributed by atoms with van der Waals surface area (Å²) in [4.78, 5) is 11.0. The molecule has 1 N–H and O–H groups in total. The summed E-state index contributed by atoms with van der Waals surface area (Å²) in [5, 5.41) is 1.08. The zero-order valence-corrected chi connectivity index (χ0v) is 7.33. The fraction of sp³-hybridized carbons (Fsp3) is 0.500. The van der Waals surface area contributed by atoms with Gasteiger partial charge >= 0.3 is 6.18 Å². The minimum absolute atomic E-state index is 0.120. The summed E-state index contributed by atoms with van der Waals surface area (Å²) in [6.45, 7) is 1.66. The van der Waals surface area contributed by atoms with Gasteiger partial charge in [-0.2, -0.15) is 13.2 Å². The van der Waals surface area contributed by atoms with E-state index in [1.54, 1.807) is 0 Å². The Bertz CT molecular complexity index is 365. The van der Waals surface area contributed by atoms with Crippen LogP contribution in [0.4, 0.5) is 13.2 Å². The molecule has 1 heterocycles. The number of nitrogens with one attached hydrogen (secondary N) is 1. The van der Waals surface area contributed by atoms with Crippen molar-refractivity contribution in [3.05, 3.63) is 21.1 Å². The fourth-order valence-electron chi connectivity index (χ4n) is 0.871. The molecular weight excluding hydrogens is 209 g/mol. The fourth-order valence-corrected chi connectivity index (χ4v) is 1.12. The van der Waals surface area contributed by atoms with Crippen LogP contribution in [-0.2, 0) is 12.7 Å². The van der Waals surface area contributed by atoms with Crippen molar-refractivity contribution in [1.82, 2.24) is 9.78 Å². The summed E-state index contributed by atoms with van der Waals surface area (Å²) in [6.07, 6.45) is -4.61. The standard InChI is InChI=1S/C6H6ClF3N2O/c1-2-12-5(13)3(7)4(11-12)6(8,9)10/h11H,2H2,1H3. The molecule has 0 aliphatic rings. The van der Waals surface area contributed by atoms with Gasteiger partial charge in [0.05, 0.1) is 0 Å². The van der Waals surface area contributed by atoms with Gasteiger partial charge in [-0.1, -0.05) is 11.6 Å². The molecule has 0 unspecified atom stereocenters. The Hall–Kier alpha value is -0.910. The number of aryl methyl sites for hydroxylation is 1. The average Bonchev–Trinajstić information content (AvgIpc) is 2.28. The van der Waals surface area contributed by atoms with E-state index in [-0.39, 0.29) is 6.54 Å². The van der Waals surface area contributed by atoms with Crippen LogP contribution in [-0.4, -0.2) is 9.78 Å². The highest BCUT2D eigenvalue weighted by molar-refractivity contribution is 6.31. The molecule has 0 fully saturated rings. The van der Waals surface area contributed by atoms with E-state index in [2.05, 4.69) is 0 Å². The maximum atomic E-state index is 12.1. The van der Waals surface area contributed by atoms with E-state index < -0.39 is 22.5 Å². The minimum Gasteiger partial charge on any atom is -0.290 e. The lowest BCUT2D eigenvalue weighted by atomic mass is 10.4. The predicted molar refractivity (Wildman–Crippen MR) is 40.7 cm³/mol. The van der Waals surface area contributed by atoms with Crippen molar-refractivity contribution in [2.45, 2.75) is 19.6 Å². The van der Waals surface area contributed by atoms with Crippen LogP contribution >= 0.6 is 11.6 Å². The van der Waals surface area contributed by atoms with Gasteiger partial charge in [0.2, 0.25) is 0 Å². The van der Waals surface area contributed by atoms with Gasteiger partial charge in [-0.3, -0.25) is 14.6 Å². The molecule has 0 aliphatic heterocycles. The molecule has 0 spiro atoms. The lowest BCUT2D eigenvalue weighted by Gasteiger charge is -2.02. The third kappa shape index (κ3) is 1.72. The molecule has 13 heavy (non-hydrogen) atoms. The second-order valence-corrected chi connectivity index (χ2v) is 2.73. The smallest absolute Gasteiger partial charge is 0.290 e. The van der Waals surface area contributed by atoms with Crippen LogP contribution < -0.4 is 5.56 Å². The maximum absolute atomic E-state index is 12.1. The van der Waals surface area contributed by atoms with Crippen LogP contribution in [0.2, 0.25) is 5.02 Å². The third-order valence-electron chi connectivity index (χ3n) is 1.50. The van der Waals surface area contributed by atoms with Crippen LogP contribution in [0.15, 0.2) is 4.79 Å². The number of hydrogen-bond acceptors (Lipinski definition) is 1. The van der Waals surface area contributed by atoms with Gasteiger partial charge in [-0.15, -0.1) is 0 Å². The summed E-state index contributed by atoms with van der Waals surface area (Å²) in [5.74, 6) is 0. The third-order valence-corrected chi connectivity index (χ3v) is 1.85. The van der Waals surface area contributed by atoms with E-state index in [0.29, 0.717) is 0 Å². The summed E-state index contributed by atoms with van der Waals surface area (Å²) < 4.78 is 37.1. The number of halogens is 4. The number of aromatic amines is 1. The minimum atomic E-state index is -4.61. The summed E-state index contributed by atoms with van der Waals surface area (Å²) in [5.41, 5.74) is -2.04. The van der Waals surface area contributed by atoms with E-state index in [0.717, 1.165) is 4.68 Å². The van der Waals surface area contributed by atoms with E-state index >= 15 is 0 Å². The summed E-state index contributed by atoms with van der Waals surface area (Å²) in [6, 6.07) is 0. The molecule has 1 aromatic rings. The quantitative estimate of drug-likeness (QED) is 0.762. The van der Waals surface area contributed by atoms with E-state index in [9.17, 15) is 18.0 Å². The van der Waals surface area contributed by atoms with Gasteiger partial charge in [0.1, 0.15) is 5.02 Å². The highest BCUT2D eigenvalue weighted by Crippen LogP contribution is 2.31. The van der Waals surface area contributed by atoms with Gasteiger partial charge in [-0.25, -0.2) is 0 Å². The number of H-pyrrole nitrogens is 1. The van der Waals surface area contributed by atoms with Crippen molar-refractivity contribution in [2.24, 2.45) is 0 Å². The van der Waals surface area contributed by atoms with Gasteiger partial charge in [0.15, 0.2) is 5.69 Å². The van der Waals surface area contributed by atoms with Crippen LogP contribution in [0.3, 0.4) is 0 Å². The number of nitrogens with zero attached hydrogens (tertiary/aromatic N) is 1. The number of aromatic nitrogens is 2. The molecule has 0 aliphatic carbocycles. The Balaban J connectivity index is 3.34. The van der Waals surface area contributed by atoms with Crippen molar-refractivity contribution in [3.8, 4) is 0 Å². The van der Waals surface area contributed by atoms with Crippen molar-refractivity contribution < 1.29 is 13.2 Å². The summed E-state index contributed by atoms with van der Waals surface area (Å²) >= 11 is 5.19. The first kappa shape index (κ1) is 10.2. The Kier molecular flexibility index (Phi) is 2.42. The largest absolute Gasteiger partial charge is 0.434 e. The normalized spacial score (nSPS) is 12.1. The molecule has 0 saturated carbocycles. The van der Waals surface area contributed by atoms with Crippen molar-refractivity contribution >= 4 is 11.6 Å². The Morgan fingerprint density at radius 1 is 1.54 bits per heavy atom. The Labute approximate surface area is 76.1 Å². The van der Waals surface area contributed by atoms with Crippen molar-refractivity contribution in [3.63, 3.8) is 0 Å². The molecule has 0 radical (unpaired) electrons. The predicted octanol–water partition coefficient (Wildman–Crippen LogP) is 1.87. The van der Waals surface area contributed by atoms with Gasteiger partial charge in [-0.05, 0) is 6.92 Å². The molecule has 0 bridgehead atoms.